The molecule has 0 bridgehead atoms. The molecule has 1 aliphatic rings. The molecule has 0 fully saturated rings. The largest absolute Gasteiger partial charge is 0.131 e. The third-order valence-corrected chi connectivity index (χ3v) is 0.964. The van der Waals surface area contributed by atoms with Gasteiger partial charge in [-0.2, -0.15) is 0 Å². The highest BCUT2D eigenvalue weighted by atomic mass is 35.5. The quantitative estimate of drug-likeness (QED) is 0.524. The number of hydrogen-bond acceptors (Lipinski definition) is 3. The Kier molecular flexibility index (Phi) is 1.84. The van der Waals surface area contributed by atoms with E-state index in [4.69, 9.17) is 11.6 Å². The SMILES string of the molecule is FN1C=C(Cl)CN(F)N1. The maximum absolute atomic E-state index is 12.0. The van der Waals surface area contributed by atoms with Gasteiger partial charge in [0.05, 0.1) is 17.8 Å². The summed E-state index contributed by atoms with van der Waals surface area (Å²) < 4.78 is 24.0. The summed E-state index contributed by atoms with van der Waals surface area (Å²) in [5, 5.41) is 0.0625. The molecule has 9 heavy (non-hydrogen) atoms. The van der Waals surface area contributed by atoms with E-state index in [-0.39, 0.29) is 22.0 Å². The summed E-state index contributed by atoms with van der Waals surface area (Å²) in [6.45, 7) is -0.137. The zero-order valence-electron chi connectivity index (χ0n) is 4.31. The molecule has 0 aromatic heterocycles. The second-order valence-electron chi connectivity index (χ2n) is 1.51. The van der Waals surface area contributed by atoms with Crippen LogP contribution in [-0.4, -0.2) is 17.0 Å². The fourth-order valence-corrected chi connectivity index (χ4v) is 0.655. The number of hydrazine groups is 2. The fourth-order valence-electron chi connectivity index (χ4n) is 0.464. The van der Waals surface area contributed by atoms with Crippen LogP contribution in [0, 0.1) is 0 Å². The van der Waals surface area contributed by atoms with Gasteiger partial charge in [0.15, 0.2) is 0 Å². The molecule has 0 aromatic carbocycles. The predicted molar refractivity (Wildman–Crippen MR) is 27.8 cm³/mol. The van der Waals surface area contributed by atoms with Gasteiger partial charge >= 0.3 is 0 Å². The van der Waals surface area contributed by atoms with Gasteiger partial charge in [0.1, 0.15) is 0 Å². The molecule has 0 aliphatic carbocycles. The summed E-state index contributed by atoms with van der Waals surface area (Å²) in [6.07, 6.45) is 0.942. The Labute approximate surface area is 55.3 Å². The van der Waals surface area contributed by atoms with Crippen molar-refractivity contribution in [3.63, 3.8) is 0 Å². The van der Waals surface area contributed by atoms with E-state index in [0.717, 1.165) is 6.20 Å². The van der Waals surface area contributed by atoms with Gasteiger partial charge in [-0.1, -0.05) is 21.3 Å². The van der Waals surface area contributed by atoms with E-state index < -0.39 is 0 Å². The highest BCUT2D eigenvalue weighted by Gasteiger charge is 2.14. The Bertz CT molecular complexity index is 139. The molecule has 0 radical (unpaired) electrons. The Morgan fingerprint density at radius 3 is 2.78 bits per heavy atom. The zero-order valence-corrected chi connectivity index (χ0v) is 5.07. The van der Waals surface area contributed by atoms with Crippen molar-refractivity contribution in [3.8, 4) is 0 Å². The van der Waals surface area contributed by atoms with Crippen molar-refractivity contribution in [2.75, 3.05) is 6.54 Å². The van der Waals surface area contributed by atoms with Crippen LogP contribution < -0.4 is 5.53 Å². The van der Waals surface area contributed by atoms with E-state index in [2.05, 4.69) is 0 Å². The number of nitrogens with zero attached hydrogens (tertiary/aromatic N) is 2. The van der Waals surface area contributed by atoms with Crippen molar-refractivity contribution in [3.05, 3.63) is 11.2 Å². The topological polar surface area (TPSA) is 18.5 Å². The minimum absolute atomic E-state index is 0.0301. The van der Waals surface area contributed by atoms with Gasteiger partial charge in [-0.25, -0.2) is 0 Å². The molecular weight excluding hydrogens is 152 g/mol. The molecule has 1 rings (SSSR count). The van der Waals surface area contributed by atoms with Gasteiger partial charge in [-0.15, -0.1) is 15.2 Å². The Balaban J connectivity index is 2.56. The van der Waals surface area contributed by atoms with Gasteiger partial charge in [0.2, 0.25) is 0 Å². The van der Waals surface area contributed by atoms with Crippen LogP contribution in [0.3, 0.4) is 0 Å². The number of rotatable bonds is 0. The average Bonchev–Trinajstić information content (AvgIpc) is 1.59. The van der Waals surface area contributed by atoms with Crippen molar-refractivity contribution in [1.82, 2.24) is 16.0 Å². The number of nitrogens with one attached hydrogen (secondary N) is 1. The van der Waals surface area contributed by atoms with Crippen molar-refractivity contribution in [2.24, 2.45) is 0 Å². The molecule has 0 aromatic rings. The van der Waals surface area contributed by atoms with Gasteiger partial charge in [-0.05, 0) is 0 Å². The van der Waals surface area contributed by atoms with Crippen molar-refractivity contribution in [1.29, 1.82) is 0 Å². The van der Waals surface area contributed by atoms with E-state index in [9.17, 15) is 8.96 Å². The Morgan fingerprint density at radius 1 is 1.67 bits per heavy atom. The first-order chi connectivity index (χ1) is 4.18. The summed E-state index contributed by atoms with van der Waals surface area (Å²) in [7, 11) is 0. The summed E-state index contributed by atoms with van der Waals surface area (Å²) in [6, 6.07) is 0. The van der Waals surface area contributed by atoms with Crippen LogP contribution in [0.15, 0.2) is 11.2 Å². The van der Waals surface area contributed by atoms with Gasteiger partial charge in [0.25, 0.3) is 0 Å². The predicted octanol–water partition coefficient (Wildman–Crippen LogP) is 0.873. The first-order valence-corrected chi connectivity index (χ1v) is 2.57. The van der Waals surface area contributed by atoms with Crippen molar-refractivity contribution in [2.45, 2.75) is 0 Å². The molecule has 0 amide bonds. The minimum Gasteiger partial charge on any atom is -0.131 e. The summed E-state index contributed by atoms with van der Waals surface area (Å²) in [5.74, 6) is 0. The molecule has 1 aliphatic heterocycles. The molecule has 1 heterocycles. The van der Waals surface area contributed by atoms with Crippen LogP contribution in [0.2, 0.25) is 0 Å². The highest BCUT2D eigenvalue weighted by Crippen LogP contribution is 2.09. The van der Waals surface area contributed by atoms with Crippen LogP contribution in [0.25, 0.3) is 0 Å². The van der Waals surface area contributed by atoms with Crippen LogP contribution >= 0.6 is 11.6 Å². The second-order valence-corrected chi connectivity index (χ2v) is 1.99. The van der Waals surface area contributed by atoms with Crippen LogP contribution in [0.1, 0.15) is 0 Å². The monoisotopic (exact) mass is 155 g/mol. The summed E-state index contributed by atoms with van der Waals surface area (Å²) in [5.41, 5.74) is 1.68. The zero-order chi connectivity index (χ0) is 6.85. The third kappa shape index (κ3) is 1.78. The maximum atomic E-state index is 12.0. The number of halogens is 3. The first kappa shape index (κ1) is 6.73. The van der Waals surface area contributed by atoms with Crippen molar-refractivity contribution < 1.29 is 8.96 Å². The lowest BCUT2D eigenvalue weighted by Crippen LogP contribution is -2.42. The summed E-state index contributed by atoms with van der Waals surface area (Å²) in [4.78, 5) is 0. The Hall–Kier alpha value is -0.390. The van der Waals surface area contributed by atoms with E-state index >= 15 is 0 Å². The second kappa shape index (κ2) is 2.47. The standard InChI is InChI=1S/C3H4ClF2N3/c4-3-1-8(5)7-9(6)2-3/h1,7H,2H2. The first-order valence-electron chi connectivity index (χ1n) is 2.19. The van der Waals surface area contributed by atoms with E-state index in [1.165, 1.54) is 0 Å². The smallest absolute Gasteiger partial charge is 0.0845 e. The van der Waals surface area contributed by atoms with Crippen LogP contribution in [-0.2, 0) is 0 Å². The minimum atomic E-state index is -0.137. The van der Waals surface area contributed by atoms with E-state index in [1.54, 1.807) is 5.53 Å². The van der Waals surface area contributed by atoms with E-state index in [1.807, 2.05) is 0 Å². The maximum Gasteiger partial charge on any atom is 0.0845 e. The molecule has 3 nitrogen and oxygen atoms in total. The number of hydrogen-bond donors (Lipinski definition) is 1. The lowest BCUT2D eigenvalue weighted by atomic mass is 10.6. The molecule has 0 atom stereocenters. The highest BCUT2D eigenvalue weighted by molar-refractivity contribution is 6.29. The van der Waals surface area contributed by atoms with E-state index in [0.29, 0.717) is 0 Å². The molecule has 0 saturated carbocycles. The molecule has 0 saturated heterocycles. The van der Waals surface area contributed by atoms with Gasteiger partial charge < -0.3 is 0 Å². The molecule has 0 spiro atoms. The average molecular weight is 156 g/mol. The molecule has 0 unspecified atom stereocenters. The normalized spacial score (nSPS) is 22.1. The Morgan fingerprint density at radius 2 is 2.33 bits per heavy atom. The third-order valence-electron chi connectivity index (χ3n) is 0.747. The molecule has 6 heteroatoms. The lowest BCUT2D eigenvalue weighted by molar-refractivity contribution is -0.161. The van der Waals surface area contributed by atoms with Gasteiger partial charge in [-0.3, -0.25) is 0 Å². The van der Waals surface area contributed by atoms with Crippen LogP contribution in [0.5, 0.6) is 0 Å². The van der Waals surface area contributed by atoms with Crippen molar-refractivity contribution >= 4 is 11.6 Å². The lowest BCUT2D eigenvalue weighted by Gasteiger charge is -2.20. The molecule has 1 N–H and O–H groups in total. The summed E-state index contributed by atoms with van der Waals surface area (Å²) >= 11 is 5.26. The molecule has 52 valence electrons. The van der Waals surface area contributed by atoms with Crippen LogP contribution in [0.4, 0.5) is 8.96 Å². The van der Waals surface area contributed by atoms with Gasteiger partial charge in [0, 0.05) is 0 Å². The fraction of sp³-hybridized carbons (Fsp3) is 0.333. The molecular formula is C3H4ClF2N3.